The Morgan fingerprint density at radius 1 is 1.19 bits per heavy atom. The fourth-order valence-electron chi connectivity index (χ4n) is 3.98. The number of thiazole rings is 1. The first-order valence-electron chi connectivity index (χ1n) is 10.0. The van der Waals surface area contributed by atoms with Gasteiger partial charge in [-0.05, 0) is 50.7 Å². The third kappa shape index (κ3) is 4.74. The minimum absolute atomic E-state index is 0.291. The summed E-state index contributed by atoms with van der Waals surface area (Å²) in [5, 5.41) is 3.33. The summed E-state index contributed by atoms with van der Waals surface area (Å²) in [5.74, 6) is 0.760. The fourth-order valence-corrected chi connectivity index (χ4v) is 4.98. The molecule has 0 unspecified atom stereocenters. The minimum atomic E-state index is 0.291. The Labute approximate surface area is 164 Å². The van der Waals surface area contributed by atoms with E-state index in [0.29, 0.717) is 24.3 Å². The molecule has 2 aromatic heterocycles. The molecule has 2 aromatic rings. The highest BCUT2D eigenvalue weighted by Crippen LogP contribution is 2.33. The number of piperidine rings is 1. The van der Waals surface area contributed by atoms with Crippen molar-refractivity contribution in [1.82, 2.24) is 14.9 Å². The number of carbonyl (C=O) groups is 1. The van der Waals surface area contributed by atoms with E-state index in [1.165, 1.54) is 11.4 Å². The molecule has 27 heavy (non-hydrogen) atoms. The lowest BCUT2D eigenvalue weighted by atomic mass is 9.97. The van der Waals surface area contributed by atoms with Gasteiger partial charge < -0.3 is 9.64 Å². The Bertz CT molecular complexity index is 735. The van der Waals surface area contributed by atoms with Gasteiger partial charge in [-0.25, -0.2) is 4.98 Å². The van der Waals surface area contributed by atoms with E-state index in [-0.39, 0.29) is 0 Å². The number of hydrogen-bond acceptors (Lipinski definition) is 5. The molecule has 4 rings (SSSR count). The third-order valence-corrected chi connectivity index (χ3v) is 6.66. The molecule has 4 heterocycles. The van der Waals surface area contributed by atoms with Crippen molar-refractivity contribution in [2.45, 2.75) is 57.0 Å². The summed E-state index contributed by atoms with van der Waals surface area (Å²) >= 11 is 1.74. The average molecular weight is 386 g/mol. The van der Waals surface area contributed by atoms with E-state index in [0.717, 1.165) is 63.1 Å². The van der Waals surface area contributed by atoms with Crippen LogP contribution < -0.4 is 0 Å². The van der Waals surface area contributed by atoms with Crippen LogP contribution in [-0.4, -0.2) is 46.6 Å². The second-order valence-corrected chi connectivity index (χ2v) is 8.38. The zero-order valence-electron chi connectivity index (χ0n) is 15.7. The summed E-state index contributed by atoms with van der Waals surface area (Å²) in [6.07, 6.45) is 10.9. The number of likely N-dealkylation sites (tertiary alicyclic amines) is 1. The maximum Gasteiger partial charge on any atom is 0.222 e. The number of carbonyl (C=O) groups excluding carboxylic acids is 1. The number of ether oxygens (including phenoxy) is 1. The van der Waals surface area contributed by atoms with Gasteiger partial charge in [0.25, 0.3) is 0 Å². The predicted molar refractivity (Wildman–Crippen MR) is 107 cm³/mol. The van der Waals surface area contributed by atoms with E-state index in [4.69, 9.17) is 9.72 Å². The normalized spacial score (nSPS) is 21.3. The number of rotatable bonds is 5. The number of hydrogen-bond donors (Lipinski definition) is 0. The van der Waals surface area contributed by atoms with E-state index in [2.05, 4.69) is 10.4 Å². The van der Waals surface area contributed by atoms with Gasteiger partial charge in [0.15, 0.2) is 0 Å². The van der Waals surface area contributed by atoms with Crippen LogP contribution in [0.1, 0.15) is 55.9 Å². The number of nitrogens with zero attached hydrogens (tertiary/aromatic N) is 3. The first kappa shape index (κ1) is 18.6. The summed E-state index contributed by atoms with van der Waals surface area (Å²) in [7, 11) is 0. The van der Waals surface area contributed by atoms with Gasteiger partial charge in [0.2, 0.25) is 5.91 Å². The Kier molecular flexibility index (Phi) is 6.14. The molecular weight excluding hydrogens is 358 g/mol. The highest BCUT2D eigenvalue weighted by molar-refractivity contribution is 7.10. The monoisotopic (exact) mass is 385 g/mol. The van der Waals surface area contributed by atoms with E-state index < -0.39 is 0 Å². The van der Waals surface area contributed by atoms with Crippen molar-refractivity contribution in [3.63, 3.8) is 0 Å². The Morgan fingerprint density at radius 3 is 2.74 bits per heavy atom. The topological polar surface area (TPSA) is 55.3 Å². The van der Waals surface area contributed by atoms with Crippen LogP contribution in [0, 0.1) is 0 Å². The van der Waals surface area contributed by atoms with Crippen LogP contribution in [0.15, 0.2) is 29.9 Å². The van der Waals surface area contributed by atoms with Crippen molar-refractivity contribution in [2.75, 3.05) is 19.7 Å². The molecule has 5 nitrogen and oxygen atoms in total. The average Bonchev–Trinajstić information content (AvgIpc) is 3.24. The Morgan fingerprint density at radius 2 is 2.00 bits per heavy atom. The van der Waals surface area contributed by atoms with Crippen LogP contribution in [0.5, 0.6) is 0 Å². The quantitative estimate of drug-likeness (QED) is 0.772. The lowest BCUT2D eigenvalue weighted by Crippen LogP contribution is -2.38. The van der Waals surface area contributed by atoms with Crippen LogP contribution in [0.2, 0.25) is 0 Å². The highest BCUT2D eigenvalue weighted by Gasteiger charge is 2.26. The fraction of sp³-hybridized carbons (Fsp3) is 0.571. The summed E-state index contributed by atoms with van der Waals surface area (Å²) in [6, 6.07) is 3.99. The van der Waals surface area contributed by atoms with Crippen LogP contribution in [0.25, 0.3) is 11.3 Å². The summed E-state index contributed by atoms with van der Waals surface area (Å²) < 4.78 is 5.75. The van der Waals surface area contributed by atoms with Gasteiger partial charge in [-0.3, -0.25) is 9.78 Å². The van der Waals surface area contributed by atoms with Gasteiger partial charge >= 0.3 is 0 Å². The first-order chi connectivity index (χ1) is 13.3. The second-order valence-electron chi connectivity index (χ2n) is 7.49. The molecule has 0 bridgehead atoms. The third-order valence-electron chi connectivity index (χ3n) is 5.65. The van der Waals surface area contributed by atoms with E-state index >= 15 is 0 Å². The molecule has 0 spiro atoms. The van der Waals surface area contributed by atoms with Gasteiger partial charge in [-0.1, -0.05) is 0 Å². The van der Waals surface area contributed by atoms with Crippen LogP contribution in [-0.2, 0) is 9.53 Å². The van der Waals surface area contributed by atoms with Gasteiger partial charge in [-0.2, -0.15) is 0 Å². The van der Waals surface area contributed by atoms with Gasteiger partial charge in [0.1, 0.15) is 0 Å². The molecule has 1 atom stereocenters. The molecule has 2 aliphatic rings. The van der Waals surface area contributed by atoms with Crippen molar-refractivity contribution in [3.8, 4) is 11.3 Å². The Balaban J connectivity index is 1.26. The molecule has 6 heteroatoms. The summed E-state index contributed by atoms with van der Waals surface area (Å²) in [5.41, 5.74) is 2.15. The van der Waals surface area contributed by atoms with Crippen molar-refractivity contribution in [3.05, 3.63) is 34.9 Å². The van der Waals surface area contributed by atoms with Crippen molar-refractivity contribution in [1.29, 1.82) is 0 Å². The van der Waals surface area contributed by atoms with E-state index in [1.54, 1.807) is 23.7 Å². The van der Waals surface area contributed by atoms with Crippen LogP contribution in [0.3, 0.4) is 0 Å². The second kappa shape index (κ2) is 8.93. The van der Waals surface area contributed by atoms with Gasteiger partial charge in [0, 0.05) is 55.4 Å². The number of pyridine rings is 1. The molecule has 1 amide bonds. The molecule has 0 saturated carbocycles. The smallest absolute Gasteiger partial charge is 0.222 e. The van der Waals surface area contributed by atoms with Crippen molar-refractivity contribution >= 4 is 17.2 Å². The standard InChI is InChI=1S/C21H27N3O2S/c25-20(5-4-18-3-1-2-14-26-18)24-12-8-17(9-13-24)21-23-19(15-27-21)16-6-10-22-11-7-16/h6-7,10-11,15,17-18H,1-5,8-9,12-14H2/t18-/m0/s1. The first-order valence-corrected chi connectivity index (χ1v) is 10.9. The zero-order chi connectivity index (χ0) is 18.5. The molecular formula is C21H27N3O2S. The van der Waals surface area contributed by atoms with Crippen LogP contribution >= 0.6 is 11.3 Å². The maximum absolute atomic E-state index is 12.5. The summed E-state index contributed by atoms with van der Waals surface area (Å²) in [4.78, 5) is 23.5. The number of aromatic nitrogens is 2. The minimum Gasteiger partial charge on any atom is -0.378 e. The molecule has 2 saturated heterocycles. The Hall–Kier alpha value is -1.79. The van der Waals surface area contributed by atoms with Crippen molar-refractivity contribution < 1.29 is 9.53 Å². The van der Waals surface area contributed by atoms with E-state index in [1.807, 2.05) is 17.0 Å². The molecule has 0 radical (unpaired) electrons. The molecule has 2 fully saturated rings. The molecule has 144 valence electrons. The van der Waals surface area contributed by atoms with E-state index in [9.17, 15) is 4.79 Å². The maximum atomic E-state index is 12.5. The SMILES string of the molecule is O=C(CC[C@@H]1CCCCO1)N1CCC(c2nc(-c3ccncc3)cs2)CC1. The number of amides is 1. The molecule has 0 N–H and O–H groups in total. The summed E-state index contributed by atoms with van der Waals surface area (Å²) in [6.45, 7) is 2.55. The lowest BCUT2D eigenvalue weighted by molar-refractivity contribution is -0.133. The lowest BCUT2D eigenvalue weighted by Gasteiger charge is -2.32. The van der Waals surface area contributed by atoms with Gasteiger partial charge in [-0.15, -0.1) is 11.3 Å². The van der Waals surface area contributed by atoms with Gasteiger partial charge in [0.05, 0.1) is 16.8 Å². The van der Waals surface area contributed by atoms with Crippen molar-refractivity contribution in [2.24, 2.45) is 0 Å². The largest absolute Gasteiger partial charge is 0.378 e. The zero-order valence-corrected chi connectivity index (χ0v) is 16.5. The highest BCUT2D eigenvalue weighted by atomic mass is 32.1. The van der Waals surface area contributed by atoms with Crippen LogP contribution in [0.4, 0.5) is 0 Å². The molecule has 0 aromatic carbocycles. The predicted octanol–water partition coefficient (Wildman–Crippen LogP) is 4.26. The molecule has 2 aliphatic heterocycles. The molecule has 0 aliphatic carbocycles.